The van der Waals surface area contributed by atoms with E-state index in [9.17, 15) is 14.4 Å². The van der Waals surface area contributed by atoms with Crippen molar-refractivity contribution < 1.29 is 19.5 Å². The molecule has 0 bridgehead atoms. The van der Waals surface area contributed by atoms with Gasteiger partial charge in [-0.05, 0) is 30.7 Å². The molecule has 20 heavy (non-hydrogen) atoms. The Morgan fingerprint density at radius 3 is 2.60 bits per heavy atom. The highest BCUT2D eigenvalue weighted by molar-refractivity contribution is 9.10. The number of anilines is 1. The molecule has 0 saturated carbocycles. The Morgan fingerprint density at radius 2 is 2.00 bits per heavy atom. The number of likely N-dealkylation sites (tertiary alicyclic amines) is 1. The molecule has 1 atom stereocenters. The standard InChI is InChI=1S/C13H13BrN2O4/c14-8-1-3-9(4-2-8)15-11(17)7-16-10(13(19)20)5-6-12(16)18/h1-4,10H,5-7H2,(H,15,17)(H,19,20). The second kappa shape index (κ2) is 6.04. The number of nitrogens with one attached hydrogen (secondary N) is 1. The van der Waals surface area contributed by atoms with E-state index < -0.39 is 17.9 Å². The minimum absolute atomic E-state index is 0.169. The fraction of sp³-hybridized carbons (Fsp3) is 0.308. The molecule has 7 heteroatoms. The average molecular weight is 341 g/mol. The lowest BCUT2D eigenvalue weighted by Gasteiger charge is -2.20. The van der Waals surface area contributed by atoms with Crippen LogP contribution >= 0.6 is 15.9 Å². The fourth-order valence-corrected chi connectivity index (χ4v) is 2.34. The Bertz CT molecular complexity index is 544. The third-order valence-corrected chi connectivity index (χ3v) is 3.58. The zero-order valence-corrected chi connectivity index (χ0v) is 12.1. The first-order valence-electron chi connectivity index (χ1n) is 6.05. The summed E-state index contributed by atoms with van der Waals surface area (Å²) < 4.78 is 0.885. The van der Waals surface area contributed by atoms with Gasteiger partial charge in [-0.2, -0.15) is 0 Å². The van der Waals surface area contributed by atoms with E-state index in [0.29, 0.717) is 5.69 Å². The van der Waals surface area contributed by atoms with Crippen LogP contribution in [-0.2, 0) is 14.4 Å². The number of benzene rings is 1. The maximum absolute atomic E-state index is 11.9. The Labute approximate surface area is 123 Å². The molecule has 0 radical (unpaired) electrons. The number of rotatable bonds is 4. The summed E-state index contributed by atoms with van der Waals surface area (Å²) in [4.78, 5) is 35.6. The molecule has 1 heterocycles. The van der Waals surface area contributed by atoms with E-state index in [2.05, 4.69) is 21.2 Å². The zero-order valence-electron chi connectivity index (χ0n) is 10.5. The van der Waals surface area contributed by atoms with Crippen molar-refractivity contribution in [2.24, 2.45) is 0 Å². The lowest BCUT2D eigenvalue weighted by atomic mass is 10.2. The van der Waals surface area contributed by atoms with E-state index in [-0.39, 0.29) is 25.3 Å². The number of carboxylic acids is 1. The molecule has 1 unspecified atom stereocenters. The maximum atomic E-state index is 11.9. The molecule has 1 saturated heterocycles. The van der Waals surface area contributed by atoms with E-state index in [0.717, 1.165) is 9.37 Å². The molecule has 6 nitrogen and oxygen atoms in total. The lowest BCUT2D eigenvalue weighted by molar-refractivity contribution is -0.147. The molecule has 1 aromatic rings. The number of carbonyl (C=O) groups excluding carboxylic acids is 2. The third-order valence-electron chi connectivity index (χ3n) is 3.06. The Morgan fingerprint density at radius 1 is 1.35 bits per heavy atom. The number of carbonyl (C=O) groups is 3. The minimum atomic E-state index is -1.08. The van der Waals surface area contributed by atoms with E-state index in [4.69, 9.17) is 5.11 Å². The SMILES string of the molecule is O=C(CN1C(=O)CCC1C(=O)O)Nc1ccc(Br)cc1. The molecule has 1 fully saturated rings. The molecule has 2 rings (SSSR count). The van der Waals surface area contributed by atoms with Gasteiger partial charge in [0.2, 0.25) is 11.8 Å². The van der Waals surface area contributed by atoms with Gasteiger partial charge in [0.1, 0.15) is 12.6 Å². The van der Waals surface area contributed by atoms with E-state index in [1.165, 1.54) is 0 Å². The molecule has 0 spiro atoms. The Hall–Kier alpha value is -1.89. The van der Waals surface area contributed by atoms with Gasteiger partial charge in [0.05, 0.1) is 0 Å². The number of aliphatic carboxylic acids is 1. The summed E-state index contributed by atoms with van der Waals surface area (Å²) in [6.45, 7) is -0.244. The second-order valence-electron chi connectivity index (χ2n) is 4.47. The Kier molecular flexibility index (Phi) is 4.39. The zero-order chi connectivity index (χ0) is 14.7. The van der Waals surface area contributed by atoms with Crippen molar-refractivity contribution in [2.75, 3.05) is 11.9 Å². The predicted octanol–water partition coefficient (Wildman–Crippen LogP) is 1.46. The first kappa shape index (κ1) is 14.5. The molecule has 2 N–H and O–H groups in total. The van der Waals surface area contributed by atoms with Gasteiger partial charge in [-0.25, -0.2) is 4.79 Å². The number of amides is 2. The summed E-state index contributed by atoms with van der Waals surface area (Å²) in [5, 5.41) is 11.6. The number of hydrogen-bond acceptors (Lipinski definition) is 3. The summed E-state index contributed by atoms with van der Waals surface area (Å²) in [5.41, 5.74) is 0.594. The molecule has 0 aliphatic carbocycles. The molecule has 1 aliphatic heterocycles. The number of hydrogen-bond donors (Lipinski definition) is 2. The van der Waals surface area contributed by atoms with Crippen molar-refractivity contribution in [3.8, 4) is 0 Å². The molecular formula is C13H13BrN2O4. The second-order valence-corrected chi connectivity index (χ2v) is 5.39. The van der Waals surface area contributed by atoms with Gasteiger partial charge in [-0.15, -0.1) is 0 Å². The van der Waals surface area contributed by atoms with Crippen LogP contribution in [0.3, 0.4) is 0 Å². The number of halogens is 1. The van der Waals surface area contributed by atoms with Gasteiger partial charge in [-0.1, -0.05) is 15.9 Å². The van der Waals surface area contributed by atoms with Gasteiger partial charge >= 0.3 is 5.97 Å². The summed E-state index contributed by atoms with van der Waals surface area (Å²) in [5.74, 6) is -1.79. The van der Waals surface area contributed by atoms with Gasteiger partial charge in [0.15, 0.2) is 0 Å². The Balaban J connectivity index is 1.98. The van der Waals surface area contributed by atoms with Gasteiger partial charge in [-0.3, -0.25) is 9.59 Å². The normalized spacial score (nSPS) is 18.1. The van der Waals surface area contributed by atoms with Crippen LogP contribution in [0, 0.1) is 0 Å². The predicted molar refractivity (Wildman–Crippen MR) is 75.1 cm³/mol. The molecule has 106 valence electrons. The average Bonchev–Trinajstić information content (AvgIpc) is 2.74. The van der Waals surface area contributed by atoms with Crippen LogP contribution in [0.5, 0.6) is 0 Å². The first-order valence-corrected chi connectivity index (χ1v) is 6.84. The first-order chi connectivity index (χ1) is 9.47. The van der Waals surface area contributed by atoms with Crippen molar-refractivity contribution in [1.82, 2.24) is 4.90 Å². The number of carboxylic acid groups (broad SMARTS) is 1. The topological polar surface area (TPSA) is 86.7 Å². The summed E-state index contributed by atoms with van der Waals surface area (Å²) in [6.07, 6.45) is 0.419. The quantitative estimate of drug-likeness (QED) is 0.868. The van der Waals surface area contributed by atoms with Crippen molar-refractivity contribution in [2.45, 2.75) is 18.9 Å². The van der Waals surface area contributed by atoms with Gasteiger partial charge in [0, 0.05) is 16.6 Å². The molecular weight excluding hydrogens is 328 g/mol. The summed E-state index contributed by atoms with van der Waals surface area (Å²) >= 11 is 3.28. The third kappa shape index (κ3) is 3.36. The van der Waals surface area contributed by atoms with Crippen molar-refractivity contribution >= 4 is 39.4 Å². The maximum Gasteiger partial charge on any atom is 0.326 e. The molecule has 1 aromatic carbocycles. The van der Waals surface area contributed by atoms with Crippen LogP contribution in [0.25, 0.3) is 0 Å². The molecule has 0 aromatic heterocycles. The van der Waals surface area contributed by atoms with Crippen molar-refractivity contribution in [1.29, 1.82) is 0 Å². The molecule has 2 amide bonds. The van der Waals surface area contributed by atoms with Crippen LogP contribution in [0.2, 0.25) is 0 Å². The van der Waals surface area contributed by atoms with Gasteiger partial charge in [0.25, 0.3) is 0 Å². The van der Waals surface area contributed by atoms with Crippen LogP contribution in [0.15, 0.2) is 28.7 Å². The van der Waals surface area contributed by atoms with E-state index in [1.54, 1.807) is 24.3 Å². The van der Waals surface area contributed by atoms with Crippen molar-refractivity contribution in [3.05, 3.63) is 28.7 Å². The fourth-order valence-electron chi connectivity index (χ4n) is 2.08. The largest absolute Gasteiger partial charge is 0.480 e. The molecule has 1 aliphatic rings. The van der Waals surface area contributed by atoms with Gasteiger partial charge < -0.3 is 15.3 Å². The van der Waals surface area contributed by atoms with Crippen LogP contribution in [0.1, 0.15) is 12.8 Å². The van der Waals surface area contributed by atoms with Crippen LogP contribution < -0.4 is 5.32 Å². The highest BCUT2D eigenvalue weighted by Gasteiger charge is 2.36. The van der Waals surface area contributed by atoms with E-state index >= 15 is 0 Å². The summed E-state index contributed by atoms with van der Waals surface area (Å²) in [7, 11) is 0. The van der Waals surface area contributed by atoms with Crippen LogP contribution in [-0.4, -0.2) is 40.4 Å². The van der Waals surface area contributed by atoms with Crippen molar-refractivity contribution in [3.63, 3.8) is 0 Å². The highest BCUT2D eigenvalue weighted by atomic mass is 79.9. The minimum Gasteiger partial charge on any atom is -0.480 e. The lowest BCUT2D eigenvalue weighted by Crippen LogP contribution is -2.43. The summed E-state index contributed by atoms with van der Waals surface area (Å²) in [6, 6.07) is 6.07. The smallest absolute Gasteiger partial charge is 0.326 e. The number of nitrogens with zero attached hydrogens (tertiary/aromatic N) is 1. The van der Waals surface area contributed by atoms with Crippen LogP contribution in [0.4, 0.5) is 5.69 Å². The monoisotopic (exact) mass is 340 g/mol. The van der Waals surface area contributed by atoms with E-state index in [1.807, 2.05) is 0 Å². The highest BCUT2D eigenvalue weighted by Crippen LogP contribution is 2.19.